The molecule has 0 N–H and O–H groups in total. The van der Waals surface area contributed by atoms with Crippen LogP contribution in [0.5, 0.6) is 0 Å². The fraction of sp³-hybridized carbons (Fsp3) is 0.0526. The number of hydrogen-bond acceptors (Lipinski definition) is 0. The van der Waals surface area contributed by atoms with Gasteiger partial charge in [-0.3, -0.25) is 0 Å². The molecule has 7 aromatic carbocycles. The van der Waals surface area contributed by atoms with E-state index < -0.39 is 0 Å². The highest BCUT2D eigenvalue weighted by Crippen LogP contribution is 2.39. The number of benzene rings is 7. The average molecular weight is 485 g/mol. The molecular weight excluding hydrogens is 456 g/mol. The maximum Gasteiger partial charge on any atom is -0.00928 e. The zero-order chi connectivity index (χ0) is 25.6. The molecule has 7 aromatic rings. The zero-order valence-electron chi connectivity index (χ0n) is 21.7. The molecule has 0 aliphatic carbocycles. The fourth-order valence-corrected chi connectivity index (χ4v) is 6.16. The Labute approximate surface area is 223 Å². The van der Waals surface area contributed by atoms with Crippen LogP contribution in [0.4, 0.5) is 0 Å². The van der Waals surface area contributed by atoms with Crippen molar-refractivity contribution in [1.82, 2.24) is 0 Å². The standard InChI is InChI=1S/C38H28/c1-25-21-31(22-26(2)38(25)30-14-10-13-28(23-30)27-11-4-3-5-12-27)29-19-20-36-34-17-7-6-15-32(34)33-16-8-9-18-35(33)37(36)24-29/h3-24H,1-2H3. The molecule has 38 heavy (non-hydrogen) atoms. The van der Waals surface area contributed by atoms with E-state index in [1.807, 2.05) is 0 Å². The minimum atomic E-state index is 1.25. The van der Waals surface area contributed by atoms with Crippen molar-refractivity contribution >= 4 is 32.3 Å². The average Bonchev–Trinajstić information content (AvgIpc) is 2.97. The van der Waals surface area contributed by atoms with E-state index in [1.165, 1.54) is 76.8 Å². The van der Waals surface area contributed by atoms with E-state index in [9.17, 15) is 0 Å². The number of hydrogen-bond donors (Lipinski definition) is 0. The molecule has 0 saturated heterocycles. The van der Waals surface area contributed by atoms with Crippen molar-refractivity contribution in [3.63, 3.8) is 0 Å². The van der Waals surface area contributed by atoms with Crippen LogP contribution in [0.1, 0.15) is 11.1 Å². The summed E-state index contributed by atoms with van der Waals surface area (Å²) in [6.45, 7) is 4.48. The van der Waals surface area contributed by atoms with Gasteiger partial charge in [0.15, 0.2) is 0 Å². The molecule has 0 aliphatic heterocycles. The van der Waals surface area contributed by atoms with E-state index in [1.54, 1.807) is 0 Å². The molecule has 0 aromatic heterocycles. The summed E-state index contributed by atoms with van der Waals surface area (Å²) < 4.78 is 0. The molecule has 0 saturated carbocycles. The van der Waals surface area contributed by atoms with Crippen LogP contribution in [0.25, 0.3) is 65.7 Å². The monoisotopic (exact) mass is 484 g/mol. The largest absolute Gasteiger partial charge is 0.0622 e. The van der Waals surface area contributed by atoms with Crippen molar-refractivity contribution in [2.75, 3.05) is 0 Å². The Bertz CT molecular complexity index is 1920. The van der Waals surface area contributed by atoms with Gasteiger partial charge in [0, 0.05) is 0 Å². The maximum absolute atomic E-state index is 2.38. The first-order chi connectivity index (χ1) is 18.7. The summed E-state index contributed by atoms with van der Waals surface area (Å²) in [7, 11) is 0. The SMILES string of the molecule is Cc1cc(-c2ccc3c4ccccc4c4ccccc4c3c2)cc(C)c1-c1cccc(-c2ccccc2)c1. The van der Waals surface area contributed by atoms with Crippen LogP contribution in [0.15, 0.2) is 133 Å². The Morgan fingerprint density at radius 1 is 0.289 bits per heavy atom. The molecule has 0 spiro atoms. The summed E-state index contributed by atoms with van der Waals surface area (Å²) in [5.41, 5.74) is 10.2. The Morgan fingerprint density at radius 3 is 1.39 bits per heavy atom. The van der Waals surface area contributed by atoms with E-state index >= 15 is 0 Å². The predicted molar refractivity (Wildman–Crippen MR) is 165 cm³/mol. The van der Waals surface area contributed by atoms with Crippen LogP contribution in [-0.2, 0) is 0 Å². The smallest absolute Gasteiger partial charge is 0.00928 e. The van der Waals surface area contributed by atoms with Crippen LogP contribution in [0.2, 0.25) is 0 Å². The van der Waals surface area contributed by atoms with Gasteiger partial charge in [0.2, 0.25) is 0 Å². The lowest BCUT2D eigenvalue weighted by Crippen LogP contribution is -1.92. The highest BCUT2D eigenvalue weighted by Gasteiger charge is 2.13. The summed E-state index contributed by atoms with van der Waals surface area (Å²) in [5.74, 6) is 0. The van der Waals surface area contributed by atoms with Gasteiger partial charge in [-0.25, -0.2) is 0 Å². The van der Waals surface area contributed by atoms with E-state index in [0.29, 0.717) is 0 Å². The van der Waals surface area contributed by atoms with Crippen LogP contribution in [-0.4, -0.2) is 0 Å². The van der Waals surface area contributed by atoms with Gasteiger partial charge in [-0.15, -0.1) is 0 Å². The minimum Gasteiger partial charge on any atom is -0.0622 e. The minimum absolute atomic E-state index is 1.25. The van der Waals surface area contributed by atoms with Crippen LogP contribution in [0.3, 0.4) is 0 Å². The second kappa shape index (κ2) is 9.01. The normalized spacial score (nSPS) is 11.4. The van der Waals surface area contributed by atoms with Gasteiger partial charge in [0.25, 0.3) is 0 Å². The molecule has 0 heterocycles. The molecule has 0 fully saturated rings. The van der Waals surface area contributed by atoms with Crippen molar-refractivity contribution in [3.8, 4) is 33.4 Å². The third-order valence-corrected chi connectivity index (χ3v) is 7.87. The molecule has 0 unspecified atom stereocenters. The first kappa shape index (κ1) is 22.5. The molecule has 0 atom stereocenters. The van der Waals surface area contributed by atoms with Gasteiger partial charge in [-0.1, -0.05) is 121 Å². The lowest BCUT2D eigenvalue weighted by Gasteiger charge is -2.16. The molecule has 0 nitrogen and oxygen atoms in total. The van der Waals surface area contributed by atoms with Gasteiger partial charge in [-0.05, 0) is 103 Å². The molecular formula is C38H28. The van der Waals surface area contributed by atoms with Gasteiger partial charge in [0.05, 0.1) is 0 Å². The molecule has 180 valence electrons. The van der Waals surface area contributed by atoms with Crippen molar-refractivity contribution < 1.29 is 0 Å². The van der Waals surface area contributed by atoms with E-state index in [0.717, 1.165) is 0 Å². The Balaban J connectivity index is 1.37. The quantitative estimate of drug-likeness (QED) is 0.219. The lowest BCUT2D eigenvalue weighted by atomic mass is 9.88. The maximum atomic E-state index is 2.38. The third-order valence-electron chi connectivity index (χ3n) is 7.87. The Morgan fingerprint density at radius 2 is 0.763 bits per heavy atom. The van der Waals surface area contributed by atoms with Crippen molar-refractivity contribution in [3.05, 3.63) is 145 Å². The summed E-state index contributed by atoms with van der Waals surface area (Å²) in [5, 5.41) is 7.88. The molecule has 0 aliphatic rings. The Hall–Kier alpha value is -4.68. The van der Waals surface area contributed by atoms with Crippen molar-refractivity contribution in [2.45, 2.75) is 13.8 Å². The highest BCUT2D eigenvalue weighted by atomic mass is 14.2. The van der Waals surface area contributed by atoms with Gasteiger partial charge < -0.3 is 0 Å². The second-order valence-electron chi connectivity index (χ2n) is 10.3. The zero-order valence-corrected chi connectivity index (χ0v) is 21.7. The first-order valence-corrected chi connectivity index (χ1v) is 13.3. The van der Waals surface area contributed by atoms with Crippen LogP contribution in [0, 0.1) is 13.8 Å². The van der Waals surface area contributed by atoms with Gasteiger partial charge in [-0.2, -0.15) is 0 Å². The summed E-state index contributed by atoms with van der Waals surface area (Å²) in [6, 6.07) is 48.8. The van der Waals surface area contributed by atoms with Gasteiger partial charge in [0.1, 0.15) is 0 Å². The second-order valence-corrected chi connectivity index (χ2v) is 10.3. The molecule has 0 heteroatoms. The van der Waals surface area contributed by atoms with Crippen LogP contribution < -0.4 is 0 Å². The molecule has 0 radical (unpaired) electrons. The van der Waals surface area contributed by atoms with E-state index in [2.05, 4.69) is 147 Å². The summed E-state index contributed by atoms with van der Waals surface area (Å²) in [6.07, 6.45) is 0. The Kier molecular flexibility index (Phi) is 5.34. The topological polar surface area (TPSA) is 0 Å². The van der Waals surface area contributed by atoms with E-state index in [4.69, 9.17) is 0 Å². The summed E-state index contributed by atoms with van der Waals surface area (Å²) in [4.78, 5) is 0. The predicted octanol–water partition coefficient (Wildman–Crippen LogP) is 10.8. The summed E-state index contributed by atoms with van der Waals surface area (Å²) >= 11 is 0. The highest BCUT2D eigenvalue weighted by molar-refractivity contribution is 6.25. The molecule has 0 bridgehead atoms. The fourth-order valence-electron chi connectivity index (χ4n) is 6.16. The number of rotatable bonds is 3. The van der Waals surface area contributed by atoms with Crippen molar-refractivity contribution in [1.29, 1.82) is 0 Å². The number of fused-ring (bicyclic) bond motifs is 6. The van der Waals surface area contributed by atoms with Crippen LogP contribution >= 0.6 is 0 Å². The van der Waals surface area contributed by atoms with Gasteiger partial charge >= 0.3 is 0 Å². The molecule has 7 rings (SSSR count). The third kappa shape index (κ3) is 3.69. The first-order valence-electron chi connectivity index (χ1n) is 13.3. The lowest BCUT2D eigenvalue weighted by molar-refractivity contribution is 1.38. The van der Waals surface area contributed by atoms with Crippen molar-refractivity contribution in [2.24, 2.45) is 0 Å². The number of aryl methyl sites for hydroxylation is 2. The van der Waals surface area contributed by atoms with E-state index in [-0.39, 0.29) is 0 Å². The molecule has 0 amide bonds.